The lowest BCUT2D eigenvalue weighted by molar-refractivity contribution is -0.124. The molecule has 0 bridgehead atoms. The van der Waals surface area contributed by atoms with Crippen molar-refractivity contribution in [3.05, 3.63) is 35.4 Å². The molecule has 0 aliphatic heterocycles. The maximum Gasteiger partial charge on any atom is 0.223 e. The van der Waals surface area contributed by atoms with E-state index in [1.54, 1.807) is 0 Å². The number of benzene rings is 1. The molecule has 1 atom stereocenters. The van der Waals surface area contributed by atoms with E-state index in [2.05, 4.69) is 5.32 Å². The molecule has 1 amide bonds. The highest BCUT2D eigenvalue weighted by Gasteiger charge is 2.10. The van der Waals surface area contributed by atoms with Gasteiger partial charge in [0.25, 0.3) is 0 Å². The van der Waals surface area contributed by atoms with Gasteiger partial charge < -0.3 is 16.2 Å². The van der Waals surface area contributed by atoms with Gasteiger partial charge in [-0.1, -0.05) is 31.2 Å². The third kappa shape index (κ3) is 4.54. The van der Waals surface area contributed by atoms with Crippen LogP contribution >= 0.6 is 0 Å². The summed E-state index contributed by atoms with van der Waals surface area (Å²) < 4.78 is 0. The molecule has 0 fully saturated rings. The first-order valence-corrected chi connectivity index (χ1v) is 5.83. The van der Waals surface area contributed by atoms with Gasteiger partial charge in [-0.3, -0.25) is 4.79 Å². The maximum absolute atomic E-state index is 11.6. The van der Waals surface area contributed by atoms with Crippen LogP contribution in [0.15, 0.2) is 24.3 Å². The molecular formula is C13H20N2O2. The van der Waals surface area contributed by atoms with Crippen LogP contribution in [0, 0.1) is 5.92 Å². The molecule has 0 saturated carbocycles. The fraction of sp³-hybridized carbons (Fsp3) is 0.462. The maximum atomic E-state index is 11.6. The van der Waals surface area contributed by atoms with Crippen LogP contribution < -0.4 is 11.1 Å². The Bertz CT molecular complexity index is 366. The Morgan fingerprint density at radius 2 is 2.18 bits per heavy atom. The SMILES string of the molecule is CC(CCN)C(=O)NCc1cccc(CO)c1. The second kappa shape index (κ2) is 7.04. The lowest BCUT2D eigenvalue weighted by atomic mass is 10.1. The summed E-state index contributed by atoms with van der Waals surface area (Å²) in [5.74, 6) is -0.0362. The molecule has 4 heteroatoms. The Kier molecular flexibility index (Phi) is 5.66. The Hall–Kier alpha value is -1.39. The van der Waals surface area contributed by atoms with Crippen molar-refractivity contribution in [3.63, 3.8) is 0 Å². The van der Waals surface area contributed by atoms with Gasteiger partial charge in [-0.2, -0.15) is 0 Å². The van der Waals surface area contributed by atoms with Gasteiger partial charge in [0.15, 0.2) is 0 Å². The summed E-state index contributed by atoms with van der Waals surface area (Å²) in [5.41, 5.74) is 7.25. The zero-order chi connectivity index (χ0) is 12.7. The van der Waals surface area contributed by atoms with Gasteiger partial charge in [-0.15, -0.1) is 0 Å². The van der Waals surface area contributed by atoms with Crippen LogP contribution in [0.5, 0.6) is 0 Å². The molecule has 0 spiro atoms. The normalized spacial score (nSPS) is 12.2. The fourth-order valence-corrected chi connectivity index (χ4v) is 1.58. The Morgan fingerprint density at radius 3 is 2.82 bits per heavy atom. The minimum atomic E-state index is -0.0546. The molecule has 1 rings (SSSR count). The molecule has 0 aromatic heterocycles. The zero-order valence-electron chi connectivity index (χ0n) is 10.1. The predicted molar refractivity (Wildman–Crippen MR) is 67.0 cm³/mol. The van der Waals surface area contributed by atoms with Crippen LogP contribution in [0.3, 0.4) is 0 Å². The van der Waals surface area contributed by atoms with Crippen LogP contribution in [-0.4, -0.2) is 17.6 Å². The molecule has 0 radical (unpaired) electrons. The van der Waals surface area contributed by atoms with E-state index in [0.29, 0.717) is 19.5 Å². The summed E-state index contributed by atoms with van der Waals surface area (Å²) in [5, 5.41) is 11.9. The van der Waals surface area contributed by atoms with E-state index in [1.807, 2.05) is 31.2 Å². The van der Waals surface area contributed by atoms with Crippen molar-refractivity contribution in [3.8, 4) is 0 Å². The number of carbonyl (C=O) groups excluding carboxylic acids is 1. The number of aliphatic hydroxyl groups is 1. The number of carbonyl (C=O) groups is 1. The molecule has 0 saturated heterocycles. The first-order chi connectivity index (χ1) is 8.17. The summed E-state index contributed by atoms with van der Waals surface area (Å²) >= 11 is 0. The number of hydrogen-bond acceptors (Lipinski definition) is 3. The third-order valence-electron chi connectivity index (χ3n) is 2.69. The molecular weight excluding hydrogens is 216 g/mol. The quantitative estimate of drug-likeness (QED) is 0.683. The van der Waals surface area contributed by atoms with Gasteiger partial charge in [0.1, 0.15) is 0 Å². The van der Waals surface area contributed by atoms with Crippen molar-refractivity contribution in [1.82, 2.24) is 5.32 Å². The molecule has 4 nitrogen and oxygen atoms in total. The van der Waals surface area contributed by atoms with Crippen molar-refractivity contribution in [1.29, 1.82) is 0 Å². The average Bonchev–Trinajstić information content (AvgIpc) is 2.36. The lowest BCUT2D eigenvalue weighted by Gasteiger charge is -2.11. The van der Waals surface area contributed by atoms with E-state index in [9.17, 15) is 4.79 Å². The van der Waals surface area contributed by atoms with Gasteiger partial charge in [-0.05, 0) is 24.1 Å². The summed E-state index contributed by atoms with van der Waals surface area (Å²) in [4.78, 5) is 11.6. The first-order valence-electron chi connectivity index (χ1n) is 5.83. The van der Waals surface area contributed by atoms with Gasteiger partial charge in [0, 0.05) is 12.5 Å². The van der Waals surface area contributed by atoms with E-state index >= 15 is 0 Å². The van der Waals surface area contributed by atoms with Crippen LogP contribution in [0.1, 0.15) is 24.5 Å². The summed E-state index contributed by atoms with van der Waals surface area (Å²) in [7, 11) is 0. The van der Waals surface area contributed by atoms with Crippen LogP contribution in [0.4, 0.5) is 0 Å². The Morgan fingerprint density at radius 1 is 1.47 bits per heavy atom. The summed E-state index contributed by atoms with van der Waals surface area (Å²) in [6.45, 7) is 2.90. The molecule has 0 aliphatic rings. The molecule has 1 unspecified atom stereocenters. The van der Waals surface area contributed by atoms with Crippen LogP contribution in [0.2, 0.25) is 0 Å². The minimum absolute atomic E-state index is 0.0184. The molecule has 1 aromatic carbocycles. The smallest absolute Gasteiger partial charge is 0.223 e. The Labute approximate surface area is 102 Å². The van der Waals surface area contributed by atoms with Crippen LogP contribution in [0.25, 0.3) is 0 Å². The van der Waals surface area contributed by atoms with Gasteiger partial charge in [0.05, 0.1) is 6.61 Å². The highest BCUT2D eigenvalue weighted by molar-refractivity contribution is 5.78. The van der Waals surface area contributed by atoms with Crippen molar-refractivity contribution in [2.45, 2.75) is 26.5 Å². The van der Waals surface area contributed by atoms with E-state index in [4.69, 9.17) is 10.8 Å². The standard InChI is InChI=1S/C13H20N2O2/c1-10(5-6-14)13(17)15-8-11-3-2-4-12(7-11)9-16/h2-4,7,10,16H,5-6,8-9,14H2,1H3,(H,15,17). The fourth-order valence-electron chi connectivity index (χ4n) is 1.58. The number of amides is 1. The van der Waals surface area contributed by atoms with Gasteiger partial charge in [-0.25, -0.2) is 0 Å². The second-order valence-corrected chi connectivity index (χ2v) is 4.17. The predicted octanol–water partition coefficient (Wildman–Crippen LogP) is 0.780. The number of nitrogens with two attached hydrogens (primary N) is 1. The largest absolute Gasteiger partial charge is 0.392 e. The van der Waals surface area contributed by atoms with E-state index in [-0.39, 0.29) is 18.4 Å². The van der Waals surface area contributed by atoms with Gasteiger partial charge in [0.2, 0.25) is 5.91 Å². The first kappa shape index (κ1) is 13.7. The summed E-state index contributed by atoms with van der Waals surface area (Å²) in [6.07, 6.45) is 0.697. The topological polar surface area (TPSA) is 75.4 Å². The van der Waals surface area contributed by atoms with E-state index in [0.717, 1.165) is 11.1 Å². The highest BCUT2D eigenvalue weighted by Crippen LogP contribution is 2.06. The van der Waals surface area contributed by atoms with Crippen molar-refractivity contribution in [2.24, 2.45) is 11.7 Å². The van der Waals surface area contributed by atoms with E-state index < -0.39 is 0 Å². The molecule has 1 aromatic rings. The number of rotatable bonds is 6. The van der Waals surface area contributed by atoms with Crippen molar-refractivity contribution >= 4 is 5.91 Å². The zero-order valence-corrected chi connectivity index (χ0v) is 10.1. The van der Waals surface area contributed by atoms with Gasteiger partial charge >= 0.3 is 0 Å². The summed E-state index contributed by atoms with van der Waals surface area (Å²) in [6, 6.07) is 7.53. The Balaban J connectivity index is 2.46. The molecule has 0 heterocycles. The van der Waals surface area contributed by atoms with Crippen molar-refractivity contribution < 1.29 is 9.90 Å². The molecule has 17 heavy (non-hydrogen) atoms. The number of hydrogen-bond donors (Lipinski definition) is 3. The molecule has 94 valence electrons. The third-order valence-corrected chi connectivity index (χ3v) is 2.69. The van der Waals surface area contributed by atoms with Crippen molar-refractivity contribution in [2.75, 3.05) is 6.54 Å². The number of aliphatic hydroxyl groups excluding tert-OH is 1. The average molecular weight is 236 g/mol. The second-order valence-electron chi connectivity index (χ2n) is 4.17. The number of nitrogens with one attached hydrogen (secondary N) is 1. The molecule has 4 N–H and O–H groups in total. The molecule has 0 aliphatic carbocycles. The lowest BCUT2D eigenvalue weighted by Crippen LogP contribution is -2.29. The van der Waals surface area contributed by atoms with E-state index in [1.165, 1.54) is 0 Å². The highest BCUT2D eigenvalue weighted by atomic mass is 16.3. The van der Waals surface area contributed by atoms with Crippen LogP contribution in [-0.2, 0) is 17.9 Å². The monoisotopic (exact) mass is 236 g/mol. The minimum Gasteiger partial charge on any atom is -0.392 e.